The number of nitrogen functional groups attached to an aromatic ring is 1. The van der Waals surface area contributed by atoms with Gasteiger partial charge in [-0.3, -0.25) is 4.98 Å². The molecule has 0 radical (unpaired) electrons. The van der Waals surface area contributed by atoms with Crippen LogP contribution in [-0.4, -0.2) is 4.98 Å². The minimum absolute atomic E-state index is 0.377. The molecule has 0 saturated heterocycles. The van der Waals surface area contributed by atoms with Crippen LogP contribution in [-0.2, 0) is 6.18 Å². The summed E-state index contributed by atoms with van der Waals surface area (Å²) in [6.07, 6.45) is -1.40. The number of nitrogens with one attached hydrogen (secondary N) is 1. The van der Waals surface area contributed by atoms with Gasteiger partial charge in [0.15, 0.2) is 0 Å². The van der Waals surface area contributed by atoms with Gasteiger partial charge in [-0.05, 0) is 30.7 Å². The summed E-state index contributed by atoms with van der Waals surface area (Å²) in [7, 11) is 0. The van der Waals surface area contributed by atoms with Crippen LogP contribution in [0.25, 0.3) is 0 Å². The Labute approximate surface area is 108 Å². The third-order valence-corrected chi connectivity index (χ3v) is 2.60. The molecular weight excluding hydrogens is 255 g/mol. The third kappa shape index (κ3) is 3.15. The highest BCUT2D eigenvalue weighted by Crippen LogP contribution is 2.33. The Bertz CT molecular complexity index is 594. The topological polar surface area (TPSA) is 50.9 Å². The van der Waals surface area contributed by atoms with Gasteiger partial charge in [0.2, 0.25) is 0 Å². The van der Waals surface area contributed by atoms with Gasteiger partial charge in [-0.15, -0.1) is 0 Å². The van der Waals surface area contributed by atoms with E-state index >= 15 is 0 Å². The lowest BCUT2D eigenvalue weighted by atomic mass is 10.1. The number of nitrogens with two attached hydrogens (primary N) is 1. The van der Waals surface area contributed by atoms with Crippen molar-refractivity contribution in [3.05, 3.63) is 47.8 Å². The lowest BCUT2D eigenvalue weighted by Gasteiger charge is -2.13. The van der Waals surface area contributed by atoms with Crippen LogP contribution in [0.5, 0.6) is 0 Å². The molecule has 0 aliphatic rings. The van der Waals surface area contributed by atoms with Crippen LogP contribution >= 0.6 is 0 Å². The molecule has 1 aromatic carbocycles. The van der Waals surface area contributed by atoms with Gasteiger partial charge in [0.1, 0.15) is 0 Å². The second-order valence-corrected chi connectivity index (χ2v) is 4.16. The number of anilines is 3. The Balaban J connectivity index is 2.34. The largest absolute Gasteiger partial charge is 0.416 e. The highest BCUT2D eigenvalue weighted by atomic mass is 19.4. The Kier molecular flexibility index (Phi) is 3.33. The van der Waals surface area contributed by atoms with Crippen LogP contribution in [0.3, 0.4) is 0 Å². The summed E-state index contributed by atoms with van der Waals surface area (Å²) in [5.41, 5.74) is 6.93. The van der Waals surface area contributed by atoms with E-state index in [2.05, 4.69) is 10.3 Å². The average Bonchev–Trinajstić information content (AvgIpc) is 2.30. The van der Waals surface area contributed by atoms with Crippen LogP contribution in [0.4, 0.5) is 30.2 Å². The molecule has 0 bridgehead atoms. The molecule has 100 valence electrons. The second-order valence-electron chi connectivity index (χ2n) is 4.16. The van der Waals surface area contributed by atoms with Gasteiger partial charge in [0.05, 0.1) is 23.1 Å². The van der Waals surface area contributed by atoms with Crippen LogP contribution < -0.4 is 11.1 Å². The van der Waals surface area contributed by atoms with Gasteiger partial charge in [0.25, 0.3) is 0 Å². The average molecular weight is 267 g/mol. The number of rotatable bonds is 2. The van der Waals surface area contributed by atoms with Crippen molar-refractivity contribution in [2.75, 3.05) is 11.1 Å². The molecule has 6 heteroatoms. The normalized spacial score (nSPS) is 11.4. The van der Waals surface area contributed by atoms with Gasteiger partial charge in [0, 0.05) is 11.9 Å². The summed E-state index contributed by atoms with van der Waals surface area (Å²) in [6, 6.07) is 5.15. The van der Waals surface area contributed by atoms with Gasteiger partial charge < -0.3 is 11.1 Å². The van der Waals surface area contributed by atoms with Crippen molar-refractivity contribution in [3.8, 4) is 0 Å². The highest BCUT2D eigenvalue weighted by molar-refractivity contribution is 5.65. The molecule has 0 amide bonds. The van der Waals surface area contributed by atoms with Crippen molar-refractivity contribution in [2.24, 2.45) is 0 Å². The Morgan fingerprint density at radius 1 is 1.16 bits per heavy atom. The number of hydrogen-bond donors (Lipinski definition) is 2. The maximum atomic E-state index is 12.6. The molecule has 3 nitrogen and oxygen atoms in total. The van der Waals surface area contributed by atoms with E-state index in [1.165, 1.54) is 18.5 Å². The lowest BCUT2D eigenvalue weighted by molar-refractivity contribution is -0.137. The van der Waals surface area contributed by atoms with Crippen LogP contribution in [0.2, 0.25) is 0 Å². The van der Waals surface area contributed by atoms with Gasteiger partial charge in [-0.1, -0.05) is 6.07 Å². The molecule has 1 heterocycles. The van der Waals surface area contributed by atoms with Crippen LogP contribution in [0.1, 0.15) is 11.1 Å². The molecule has 0 aliphatic heterocycles. The molecule has 1 aromatic heterocycles. The minimum Gasteiger partial charge on any atom is -0.397 e. The lowest BCUT2D eigenvalue weighted by Crippen LogP contribution is -2.06. The van der Waals surface area contributed by atoms with Gasteiger partial charge in [-0.25, -0.2) is 0 Å². The molecule has 0 saturated carbocycles. The predicted octanol–water partition coefficient (Wildman–Crippen LogP) is 3.73. The Morgan fingerprint density at radius 2 is 1.89 bits per heavy atom. The number of aromatic nitrogens is 1. The SMILES string of the molecule is Cc1ccc(C(F)(F)F)cc1Nc1cncc(N)c1. The third-order valence-electron chi connectivity index (χ3n) is 2.60. The first kappa shape index (κ1) is 13.2. The van der Waals surface area contributed by atoms with Crippen molar-refractivity contribution in [3.63, 3.8) is 0 Å². The molecule has 0 spiro atoms. The zero-order valence-electron chi connectivity index (χ0n) is 10.1. The number of pyridine rings is 1. The molecule has 2 aromatic rings. The number of alkyl halides is 3. The zero-order valence-corrected chi connectivity index (χ0v) is 10.1. The predicted molar refractivity (Wildman–Crippen MR) is 68.1 cm³/mol. The first-order valence-corrected chi connectivity index (χ1v) is 5.51. The number of aryl methyl sites for hydroxylation is 1. The summed E-state index contributed by atoms with van der Waals surface area (Å²) < 4.78 is 37.9. The first-order chi connectivity index (χ1) is 8.86. The van der Waals surface area contributed by atoms with Crippen molar-refractivity contribution >= 4 is 17.1 Å². The summed E-state index contributed by atoms with van der Waals surface area (Å²) in [4.78, 5) is 3.87. The zero-order chi connectivity index (χ0) is 14.0. The fourth-order valence-corrected chi connectivity index (χ4v) is 1.61. The summed E-state index contributed by atoms with van der Waals surface area (Å²) in [5, 5.41) is 2.88. The van der Waals surface area contributed by atoms with Crippen molar-refractivity contribution in [2.45, 2.75) is 13.1 Å². The molecule has 3 N–H and O–H groups in total. The summed E-state index contributed by atoms with van der Waals surface area (Å²) in [5.74, 6) is 0. The maximum absolute atomic E-state index is 12.6. The number of benzene rings is 1. The van der Waals surface area contributed by atoms with E-state index in [9.17, 15) is 13.2 Å². The van der Waals surface area contributed by atoms with E-state index < -0.39 is 11.7 Å². The standard InChI is InChI=1S/C13H12F3N3/c1-8-2-3-9(13(14,15)16)4-12(8)19-11-5-10(17)6-18-7-11/h2-7,19H,17H2,1H3. The molecular formula is C13H12F3N3. The smallest absolute Gasteiger partial charge is 0.397 e. The minimum atomic E-state index is -4.36. The highest BCUT2D eigenvalue weighted by Gasteiger charge is 2.30. The number of halogens is 3. The molecule has 0 unspecified atom stereocenters. The molecule has 2 rings (SSSR count). The fourth-order valence-electron chi connectivity index (χ4n) is 1.61. The van der Waals surface area contributed by atoms with Crippen LogP contribution in [0.15, 0.2) is 36.7 Å². The Hall–Kier alpha value is -2.24. The number of hydrogen-bond acceptors (Lipinski definition) is 3. The van der Waals surface area contributed by atoms with E-state index in [1.807, 2.05) is 0 Å². The summed E-state index contributed by atoms with van der Waals surface area (Å²) in [6.45, 7) is 1.72. The molecule has 0 atom stereocenters. The Morgan fingerprint density at radius 3 is 2.53 bits per heavy atom. The van der Waals surface area contributed by atoms with Gasteiger partial charge >= 0.3 is 6.18 Å². The van der Waals surface area contributed by atoms with E-state index in [-0.39, 0.29) is 0 Å². The first-order valence-electron chi connectivity index (χ1n) is 5.51. The van der Waals surface area contributed by atoms with E-state index in [4.69, 9.17) is 5.73 Å². The molecule has 19 heavy (non-hydrogen) atoms. The monoisotopic (exact) mass is 267 g/mol. The quantitative estimate of drug-likeness (QED) is 0.871. The van der Waals surface area contributed by atoms with E-state index in [0.717, 1.165) is 12.1 Å². The van der Waals surface area contributed by atoms with E-state index in [0.29, 0.717) is 22.6 Å². The maximum Gasteiger partial charge on any atom is 0.416 e. The van der Waals surface area contributed by atoms with Crippen molar-refractivity contribution in [1.29, 1.82) is 0 Å². The van der Waals surface area contributed by atoms with Crippen molar-refractivity contribution < 1.29 is 13.2 Å². The fraction of sp³-hybridized carbons (Fsp3) is 0.154. The van der Waals surface area contributed by atoms with Gasteiger partial charge in [-0.2, -0.15) is 13.2 Å². The molecule has 0 aliphatic carbocycles. The number of nitrogens with zero attached hydrogens (tertiary/aromatic N) is 1. The second kappa shape index (κ2) is 4.79. The van der Waals surface area contributed by atoms with Crippen molar-refractivity contribution in [1.82, 2.24) is 4.98 Å². The molecule has 0 fully saturated rings. The summed E-state index contributed by atoms with van der Waals surface area (Å²) >= 11 is 0. The van der Waals surface area contributed by atoms with E-state index in [1.54, 1.807) is 13.0 Å². The van der Waals surface area contributed by atoms with Crippen LogP contribution in [0, 0.1) is 6.92 Å².